The second kappa shape index (κ2) is 29.1. The number of nitrogens with zero attached hydrogens (tertiary/aromatic N) is 8. The zero-order valence-electron chi connectivity index (χ0n) is 77.3. The number of fused-ring (bicyclic) bond motifs is 37. The summed E-state index contributed by atoms with van der Waals surface area (Å²) in [5.74, 6) is 0. The average Bonchev–Trinajstić information content (AvgIpc) is 1.53. The maximum Gasteiger partial charge on any atom is 0.266 e. The van der Waals surface area contributed by atoms with Crippen LogP contribution in [0.3, 0.4) is 0 Å². The Balaban J connectivity index is 0.0000000867. The molecule has 0 aliphatic rings. The molecule has 15 heteroatoms. The Morgan fingerprint density at radius 3 is 0.788 bits per heavy atom. The van der Waals surface area contributed by atoms with Crippen LogP contribution < -0.4 is 38.9 Å². The standard InChI is InChI=1S/C35H22N2O.3C32H16N2O2/c38-35-27-18-10-11-19-29(27)36-33(25-16-8-3-9-17-25)31(24-14-6-2-7-15-24)32-28-22-26(23-12-4-1-5-13-23)20-21-30(28)37(35)34(32)36;35-31-23-9-3-1-8-18(23)20-12-6-14-25-27-26(33(31)29(20)25)16-15-22-21-13-5-11-19-17-7-2-4-10-24(17)32(36)34(28(19)21)30(22)27;35-31-23-9-3-1-7-17(23)19-11-5-13-21-25-15-28-26(16-27(25)33(31)29(19)21)22-14-6-12-20-18-8-2-4-10-24(18)32(36)34(28)30(20)22;35-31-21-9-3-1-7-17(21)19-11-5-13-23-27-25(33(31)29(19)23)15-16-26-28(27)24-14-6-12-20-18-8-2-4-10-22(18)32(36)34(26)30(20)24/h1-22H;3*1-16H. The van der Waals surface area contributed by atoms with E-state index in [1.54, 1.807) is 0 Å². The summed E-state index contributed by atoms with van der Waals surface area (Å²) in [5.41, 5.74) is 20.2. The minimum Gasteiger partial charge on any atom is -0.293 e. The first kappa shape index (κ1) is 79.8. The van der Waals surface area contributed by atoms with Gasteiger partial charge in [-0.1, -0.05) is 334 Å². The van der Waals surface area contributed by atoms with E-state index in [9.17, 15) is 33.6 Å². The first-order valence-corrected chi connectivity index (χ1v) is 49.0. The molecule has 0 aliphatic carbocycles. The van der Waals surface area contributed by atoms with Crippen molar-refractivity contribution in [3.8, 4) is 33.5 Å². The van der Waals surface area contributed by atoms with Crippen molar-refractivity contribution >= 4 is 261 Å². The number of rotatable bonds is 3. The van der Waals surface area contributed by atoms with Gasteiger partial charge in [0.1, 0.15) is 5.65 Å². The van der Waals surface area contributed by atoms with Crippen molar-refractivity contribution in [2.24, 2.45) is 0 Å². The summed E-state index contributed by atoms with van der Waals surface area (Å²) < 4.78 is 15.4. The fourth-order valence-electron chi connectivity index (χ4n) is 25.8. The molecule has 0 unspecified atom stereocenters. The molecule has 0 spiro atoms. The average molecular weight is 1870 g/mol. The quantitative estimate of drug-likeness (QED) is 0.160. The van der Waals surface area contributed by atoms with Crippen LogP contribution in [0.25, 0.3) is 294 Å². The summed E-state index contributed by atoms with van der Waals surface area (Å²) in [7, 11) is 0. The van der Waals surface area contributed by atoms with Gasteiger partial charge in [-0.25, -0.2) is 0 Å². The lowest BCUT2D eigenvalue weighted by Gasteiger charge is -2.12. The Morgan fingerprint density at radius 1 is 0.123 bits per heavy atom. The molecule has 0 saturated carbocycles. The van der Waals surface area contributed by atoms with Crippen LogP contribution in [0.15, 0.2) is 458 Å². The van der Waals surface area contributed by atoms with Crippen molar-refractivity contribution in [3.05, 3.63) is 497 Å². The van der Waals surface area contributed by atoms with Gasteiger partial charge >= 0.3 is 0 Å². The Hall–Kier alpha value is -20.0. The van der Waals surface area contributed by atoms with Gasteiger partial charge < -0.3 is 0 Å². The molecule has 0 bridgehead atoms. The fourth-order valence-corrected chi connectivity index (χ4v) is 25.8. The van der Waals surface area contributed by atoms with Crippen molar-refractivity contribution in [2.45, 2.75) is 0 Å². The molecular weight excluding hydrogens is 1800 g/mol. The number of benzene rings is 20. The fraction of sp³-hybridized carbons (Fsp3) is 0. The van der Waals surface area contributed by atoms with Crippen molar-refractivity contribution in [2.75, 3.05) is 0 Å². The third kappa shape index (κ3) is 10.2. The van der Waals surface area contributed by atoms with E-state index < -0.39 is 0 Å². The molecule has 35 rings (SSSR count). The number of para-hydroxylation sites is 7. The lowest BCUT2D eigenvalue weighted by molar-refractivity contribution is 1.10. The summed E-state index contributed by atoms with van der Waals surface area (Å²) in [6.07, 6.45) is 0. The lowest BCUT2D eigenvalue weighted by Crippen LogP contribution is -2.15. The minimum atomic E-state index is -0.0317. The van der Waals surface area contributed by atoms with Crippen LogP contribution in [-0.2, 0) is 0 Å². The maximum atomic E-state index is 14.1. The van der Waals surface area contributed by atoms with E-state index in [1.807, 2.05) is 237 Å². The van der Waals surface area contributed by atoms with Crippen LogP contribution >= 0.6 is 0 Å². The Kier molecular flexibility index (Phi) is 15.9. The normalized spacial score (nSPS) is 12.4. The molecule has 0 N–H and O–H groups in total. The van der Waals surface area contributed by atoms with E-state index >= 15 is 0 Å². The van der Waals surface area contributed by atoms with E-state index in [-0.39, 0.29) is 38.9 Å². The molecule has 15 aromatic heterocycles. The second-order valence-corrected chi connectivity index (χ2v) is 38.7. The number of hydrogen-bond donors (Lipinski definition) is 0. The smallest absolute Gasteiger partial charge is 0.266 e. The molecule has 20 aromatic carbocycles. The highest BCUT2D eigenvalue weighted by molar-refractivity contribution is 6.36. The molecule has 0 radical (unpaired) electrons. The number of hydrogen-bond acceptors (Lipinski definition) is 7. The molecule has 146 heavy (non-hydrogen) atoms. The molecule has 676 valence electrons. The molecule has 35 aromatic rings. The SMILES string of the molecule is O=c1c2ccccc2c2cccc3c4c(ccc5c6cccc7c8ccccc8c(=O)n(c76)c54)n1c23.O=c1c2ccccc2c2cccc3c4c5c6cccc7c8ccccc8c(=O)n(c5ccc4n1c23)c76.O=c1c2ccccc2c2cccc3c4cc5c(cc4n1c23)c1cccc2c3ccccc3c(=O)n5c21.O=c1c2ccccc2n2c(-c3ccccc3)c(-c3ccccc3)c3c4cc(-c5ccccc5)ccc4n1c32. The first-order valence-electron chi connectivity index (χ1n) is 49.0. The Morgan fingerprint density at radius 2 is 0.384 bits per heavy atom. The van der Waals surface area contributed by atoms with E-state index in [0.717, 1.165) is 256 Å². The maximum absolute atomic E-state index is 14.1. The molecule has 0 saturated heterocycles. The molecule has 0 aliphatic heterocycles. The minimum absolute atomic E-state index is 0.0114. The van der Waals surface area contributed by atoms with E-state index in [1.165, 1.54) is 0 Å². The molecule has 0 fully saturated rings. The van der Waals surface area contributed by atoms with Gasteiger partial charge in [-0.3, -0.25) is 68.8 Å². The number of pyridine rings is 6. The first-order chi connectivity index (χ1) is 72.0. The summed E-state index contributed by atoms with van der Waals surface area (Å²) in [5, 5.41) is 31.4. The summed E-state index contributed by atoms with van der Waals surface area (Å²) in [6, 6.07) is 143. The van der Waals surface area contributed by atoms with Gasteiger partial charge in [-0.2, -0.15) is 0 Å². The van der Waals surface area contributed by atoms with Gasteiger partial charge in [0.05, 0.1) is 88.3 Å². The van der Waals surface area contributed by atoms with Crippen LogP contribution in [0.5, 0.6) is 0 Å². The van der Waals surface area contributed by atoms with Gasteiger partial charge in [-0.05, 0) is 146 Å². The summed E-state index contributed by atoms with van der Waals surface area (Å²) in [6.45, 7) is 0. The van der Waals surface area contributed by atoms with Gasteiger partial charge in [0.25, 0.3) is 38.9 Å². The summed E-state index contributed by atoms with van der Waals surface area (Å²) in [4.78, 5) is 97.1. The summed E-state index contributed by atoms with van der Waals surface area (Å²) >= 11 is 0. The van der Waals surface area contributed by atoms with Crippen LogP contribution in [0, 0.1) is 0 Å². The highest BCUT2D eigenvalue weighted by Crippen LogP contribution is 2.51. The highest BCUT2D eigenvalue weighted by atomic mass is 16.2. The highest BCUT2D eigenvalue weighted by Gasteiger charge is 2.32. The van der Waals surface area contributed by atoms with E-state index in [4.69, 9.17) is 0 Å². The zero-order chi connectivity index (χ0) is 96.3. The van der Waals surface area contributed by atoms with Crippen molar-refractivity contribution in [1.29, 1.82) is 0 Å². The van der Waals surface area contributed by atoms with Crippen LogP contribution in [0.4, 0.5) is 0 Å². The monoisotopic (exact) mass is 1870 g/mol. The predicted molar refractivity (Wildman–Crippen MR) is 602 cm³/mol. The van der Waals surface area contributed by atoms with E-state index in [0.29, 0.717) is 37.7 Å². The lowest BCUT2D eigenvalue weighted by atomic mass is 9.96. The molecule has 15 nitrogen and oxygen atoms in total. The Labute approximate surface area is 820 Å². The third-order valence-electron chi connectivity index (χ3n) is 31.7. The zero-order valence-corrected chi connectivity index (χ0v) is 77.3. The van der Waals surface area contributed by atoms with Crippen LogP contribution in [-0.4, -0.2) is 35.2 Å². The van der Waals surface area contributed by atoms with Gasteiger partial charge in [0.2, 0.25) is 0 Å². The predicted octanol–water partition coefficient (Wildman–Crippen LogP) is 28.4. The largest absolute Gasteiger partial charge is 0.293 e. The van der Waals surface area contributed by atoms with Gasteiger partial charge in [0, 0.05) is 146 Å². The number of aromatic nitrogens is 8. The van der Waals surface area contributed by atoms with Crippen molar-refractivity contribution in [3.63, 3.8) is 0 Å². The van der Waals surface area contributed by atoms with Crippen LogP contribution in [0.2, 0.25) is 0 Å². The molecule has 0 atom stereocenters. The molecule has 0 amide bonds. The van der Waals surface area contributed by atoms with E-state index in [2.05, 4.69) is 223 Å². The van der Waals surface area contributed by atoms with Gasteiger partial charge in [0.15, 0.2) is 0 Å². The van der Waals surface area contributed by atoms with Gasteiger partial charge in [-0.15, -0.1) is 0 Å². The van der Waals surface area contributed by atoms with Crippen LogP contribution in [0.1, 0.15) is 0 Å². The Bertz CT molecular complexity index is 12000. The topological polar surface area (TPSA) is 155 Å². The molecular formula is C131H70N8O7. The van der Waals surface area contributed by atoms with Crippen molar-refractivity contribution in [1.82, 2.24) is 35.2 Å². The molecule has 15 heterocycles. The second-order valence-electron chi connectivity index (χ2n) is 38.7. The van der Waals surface area contributed by atoms with Crippen molar-refractivity contribution < 1.29 is 0 Å². The third-order valence-corrected chi connectivity index (χ3v) is 31.7.